The van der Waals surface area contributed by atoms with Gasteiger partial charge in [-0.2, -0.15) is 0 Å². The predicted octanol–water partition coefficient (Wildman–Crippen LogP) is 2.23. The molecule has 0 saturated carbocycles. The average Bonchev–Trinajstić information content (AvgIpc) is 2.76. The van der Waals surface area contributed by atoms with Crippen molar-refractivity contribution in [3.63, 3.8) is 0 Å². The monoisotopic (exact) mass is 233 g/mol. The van der Waals surface area contributed by atoms with Crippen molar-refractivity contribution in [2.45, 2.75) is 13.5 Å². The van der Waals surface area contributed by atoms with Crippen LogP contribution in [0.4, 0.5) is 5.82 Å². The first-order chi connectivity index (χ1) is 8.22. The Morgan fingerprint density at radius 1 is 1.35 bits per heavy atom. The van der Waals surface area contributed by atoms with E-state index in [1.165, 1.54) is 0 Å². The van der Waals surface area contributed by atoms with Crippen molar-refractivity contribution in [1.29, 1.82) is 0 Å². The van der Waals surface area contributed by atoms with Gasteiger partial charge in [0.1, 0.15) is 11.6 Å². The lowest BCUT2D eigenvalue weighted by Crippen LogP contribution is -2.01. The summed E-state index contributed by atoms with van der Waals surface area (Å²) < 4.78 is 10.6. The van der Waals surface area contributed by atoms with Gasteiger partial charge in [-0.05, 0) is 19.1 Å². The van der Waals surface area contributed by atoms with Crippen molar-refractivity contribution < 1.29 is 9.15 Å². The number of hydrogen-bond donors (Lipinski definition) is 1. The lowest BCUT2D eigenvalue weighted by Gasteiger charge is -2.05. The Balaban J connectivity index is 2.42. The molecule has 0 aromatic carbocycles. The van der Waals surface area contributed by atoms with Crippen LogP contribution in [0.3, 0.4) is 0 Å². The van der Waals surface area contributed by atoms with Gasteiger partial charge < -0.3 is 14.5 Å². The summed E-state index contributed by atoms with van der Waals surface area (Å²) in [5.41, 5.74) is 0.816. The zero-order chi connectivity index (χ0) is 12.3. The van der Waals surface area contributed by atoms with E-state index in [1.54, 1.807) is 7.11 Å². The van der Waals surface area contributed by atoms with E-state index in [1.807, 2.05) is 32.2 Å². The molecule has 2 rings (SSSR count). The van der Waals surface area contributed by atoms with Gasteiger partial charge in [0, 0.05) is 20.2 Å². The topological polar surface area (TPSA) is 60.2 Å². The van der Waals surface area contributed by atoms with Gasteiger partial charge in [0.05, 0.1) is 12.3 Å². The van der Waals surface area contributed by atoms with Crippen LogP contribution in [0.25, 0.3) is 11.6 Å². The first-order valence-corrected chi connectivity index (χ1v) is 5.34. The summed E-state index contributed by atoms with van der Waals surface area (Å²) >= 11 is 0. The van der Waals surface area contributed by atoms with Crippen LogP contribution in [-0.4, -0.2) is 24.1 Å². The zero-order valence-electron chi connectivity index (χ0n) is 10.2. The third kappa shape index (κ3) is 2.62. The van der Waals surface area contributed by atoms with Gasteiger partial charge in [-0.25, -0.2) is 9.97 Å². The number of hydrogen-bond acceptors (Lipinski definition) is 5. The molecule has 0 bridgehead atoms. The van der Waals surface area contributed by atoms with Crippen LogP contribution in [0.5, 0.6) is 0 Å². The van der Waals surface area contributed by atoms with Crippen LogP contribution in [0.1, 0.15) is 11.5 Å². The van der Waals surface area contributed by atoms with E-state index >= 15 is 0 Å². The second kappa shape index (κ2) is 4.97. The third-order valence-corrected chi connectivity index (χ3v) is 2.29. The molecule has 0 aliphatic carbocycles. The second-order valence-corrected chi connectivity index (χ2v) is 3.66. The SMILES string of the molecule is CNc1cc(COC)nc(-c2ccc(C)o2)n1. The standard InChI is InChI=1S/C12H15N3O2/c1-8-4-5-10(17-8)12-14-9(7-16-3)6-11(13-2)15-12/h4-6H,7H2,1-3H3,(H,13,14,15). The lowest BCUT2D eigenvalue weighted by molar-refractivity contribution is 0.181. The Bertz CT molecular complexity index is 508. The van der Waals surface area contributed by atoms with E-state index in [-0.39, 0.29) is 0 Å². The number of ether oxygens (including phenoxy) is 1. The fourth-order valence-electron chi connectivity index (χ4n) is 1.51. The molecule has 0 amide bonds. The number of furan rings is 1. The van der Waals surface area contributed by atoms with Gasteiger partial charge in [-0.1, -0.05) is 0 Å². The van der Waals surface area contributed by atoms with Crippen LogP contribution < -0.4 is 5.32 Å². The van der Waals surface area contributed by atoms with Gasteiger partial charge in [0.2, 0.25) is 0 Å². The number of rotatable bonds is 4. The summed E-state index contributed by atoms with van der Waals surface area (Å²) in [6, 6.07) is 5.60. The maximum atomic E-state index is 5.51. The van der Waals surface area contributed by atoms with Crippen LogP contribution in [-0.2, 0) is 11.3 Å². The minimum absolute atomic E-state index is 0.448. The van der Waals surface area contributed by atoms with E-state index in [0.29, 0.717) is 18.2 Å². The molecular weight excluding hydrogens is 218 g/mol. The zero-order valence-corrected chi connectivity index (χ0v) is 10.2. The van der Waals surface area contributed by atoms with Crippen LogP contribution in [0.15, 0.2) is 22.6 Å². The van der Waals surface area contributed by atoms with Crippen molar-refractivity contribution in [3.8, 4) is 11.6 Å². The summed E-state index contributed by atoms with van der Waals surface area (Å²) in [4.78, 5) is 8.73. The molecule has 5 nitrogen and oxygen atoms in total. The van der Waals surface area contributed by atoms with Crippen LogP contribution in [0.2, 0.25) is 0 Å². The molecule has 0 saturated heterocycles. The fraction of sp³-hybridized carbons (Fsp3) is 0.333. The summed E-state index contributed by atoms with van der Waals surface area (Å²) in [5.74, 6) is 2.82. The average molecular weight is 233 g/mol. The summed E-state index contributed by atoms with van der Waals surface area (Å²) in [6.45, 7) is 2.34. The molecular formula is C12H15N3O2. The molecule has 2 aromatic heterocycles. The highest BCUT2D eigenvalue weighted by molar-refractivity contribution is 5.51. The maximum Gasteiger partial charge on any atom is 0.197 e. The quantitative estimate of drug-likeness (QED) is 0.877. The predicted molar refractivity (Wildman–Crippen MR) is 64.7 cm³/mol. The first-order valence-electron chi connectivity index (χ1n) is 5.34. The summed E-state index contributed by atoms with van der Waals surface area (Å²) in [5, 5.41) is 2.99. The Morgan fingerprint density at radius 2 is 2.18 bits per heavy atom. The maximum absolute atomic E-state index is 5.51. The number of anilines is 1. The van der Waals surface area contributed by atoms with Crippen molar-refractivity contribution in [1.82, 2.24) is 9.97 Å². The number of aromatic nitrogens is 2. The molecule has 2 aromatic rings. The minimum Gasteiger partial charge on any atom is -0.458 e. The number of aryl methyl sites for hydroxylation is 1. The van der Waals surface area contributed by atoms with E-state index < -0.39 is 0 Å². The third-order valence-electron chi connectivity index (χ3n) is 2.29. The van der Waals surface area contributed by atoms with Crippen molar-refractivity contribution in [3.05, 3.63) is 29.7 Å². The molecule has 17 heavy (non-hydrogen) atoms. The van der Waals surface area contributed by atoms with Gasteiger partial charge in [-0.15, -0.1) is 0 Å². The highest BCUT2D eigenvalue weighted by Gasteiger charge is 2.09. The summed E-state index contributed by atoms with van der Waals surface area (Å²) in [7, 11) is 3.45. The highest BCUT2D eigenvalue weighted by atomic mass is 16.5. The van der Waals surface area contributed by atoms with Gasteiger partial charge in [-0.3, -0.25) is 0 Å². The van der Waals surface area contributed by atoms with Gasteiger partial charge in [0.15, 0.2) is 11.6 Å². The molecule has 0 unspecified atom stereocenters. The Kier molecular flexibility index (Phi) is 3.39. The van der Waals surface area contributed by atoms with E-state index in [2.05, 4.69) is 15.3 Å². The molecule has 2 heterocycles. The van der Waals surface area contributed by atoms with E-state index in [9.17, 15) is 0 Å². The number of nitrogens with one attached hydrogen (secondary N) is 1. The molecule has 5 heteroatoms. The van der Waals surface area contributed by atoms with E-state index in [4.69, 9.17) is 9.15 Å². The molecule has 0 fully saturated rings. The highest BCUT2D eigenvalue weighted by Crippen LogP contribution is 2.20. The normalized spacial score (nSPS) is 10.5. The molecule has 0 spiro atoms. The van der Waals surface area contributed by atoms with Crippen molar-refractivity contribution in [2.75, 3.05) is 19.5 Å². The fourth-order valence-corrected chi connectivity index (χ4v) is 1.51. The molecule has 90 valence electrons. The van der Waals surface area contributed by atoms with Gasteiger partial charge in [0.25, 0.3) is 0 Å². The first kappa shape index (κ1) is 11.6. The lowest BCUT2D eigenvalue weighted by atomic mass is 10.3. The van der Waals surface area contributed by atoms with Crippen molar-refractivity contribution >= 4 is 5.82 Å². The Hall–Kier alpha value is -1.88. The second-order valence-electron chi connectivity index (χ2n) is 3.66. The number of methoxy groups -OCH3 is 1. The smallest absolute Gasteiger partial charge is 0.197 e. The molecule has 0 aliphatic heterocycles. The Morgan fingerprint density at radius 3 is 2.76 bits per heavy atom. The Labute approximate surface area is 99.8 Å². The summed E-state index contributed by atoms with van der Waals surface area (Å²) in [6.07, 6.45) is 0. The van der Waals surface area contributed by atoms with Crippen molar-refractivity contribution in [2.24, 2.45) is 0 Å². The van der Waals surface area contributed by atoms with Crippen LogP contribution >= 0.6 is 0 Å². The van der Waals surface area contributed by atoms with Gasteiger partial charge >= 0.3 is 0 Å². The molecule has 0 atom stereocenters. The van der Waals surface area contributed by atoms with E-state index in [0.717, 1.165) is 17.3 Å². The number of nitrogens with zero attached hydrogens (tertiary/aromatic N) is 2. The molecule has 1 N–H and O–H groups in total. The molecule has 0 radical (unpaired) electrons. The molecule has 0 aliphatic rings. The van der Waals surface area contributed by atoms with Crippen LogP contribution in [0, 0.1) is 6.92 Å². The largest absolute Gasteiger partial charge is 0.458 e. The minimum atomic E-state index is 0.448.